The molecule has 0 aliphatic carbocycles. The van der Waals surface area contributed by atoms with E-state index in [1.54, 1.807) is 0 Å². The van der Waals surface area contributed by atoms with E-state index in [4.69, 9.17) is 9.47 Å². The van der Waals surface area contributed by atoms with Gasteiger partial charge in [0, 0.05) is 41.0 Å². The number of carbonyl (C=O) groups is 2. The van der Waals surface area contributed by atoms with Crippen LogP contribution in [-0.2, 0) is 31.9 Å². The molecule has 7 rings (SSSR count). The smallest absolute Gasteiger partial charge is 0.305 e. The van der Waals surface area contributed by atoms with Gasteiger partial charge in [0.1, 0.15) is 0 Å². The summed E-state index contributed by atoms with van der Waals surface area (Å²) < 4.78 is 9.63. The number of anilines is 5. The molecule has 0 atom stereocenters. The van der Waals surface area contributed by atoms with Gasteiger partial charge in [0.15, 0.2) is 0 Å². The molecular formula is C42H36N2O4. The third-order valence-electron chi connectivity index (χ3n) is 8.98. The second kappa shape index (κ2) is 13.5. The third kappa shape index (κ3) is 6.25. The maximum atomic E-state index is 11.8. The molecule has 7 aromatic rings. The molecule has 0 saturated heterocycles. The molecule has 1 N–H and O–H groups in total. The highest BCUT2D eigenvalue weighted by atomic mass is 16.5. The van der Waals surface area contributed by atoms with Crippen molar-refractivity contribution < 1.29 is 19.1 Å². The predicted molar refractivity (Wildman–Crippen MR) is 195 cm³/mol. The number of rotatable bonds is 11. The molecule has 0 aromatic heterocycles. The van der Waals surface area contributed by atoms with Gasteiger partial charge in [0.25, 0.3) is 0 Å². The summed E-state index contributed by atoms with van der Waals surface area (Å²) >= 11 is 0. The van der Waals surface area contributed by atoms with Crippen LogP contribution in [0.1, 0.15) is 24.0 Å². The summed E-state index contributed by atoms with van der Waals surface area (Å²) in [5, 5.41) is 10.9. The van der Waals surface area contributed by atoms with E-state index in [0.29, 0.717) is 25.7 Å². The van der Waals surface area contributed by atoms with Gasteiger partial charge in [-0.2, -0.15) is 0 Å². The number of hydrogen-bond donors (Lipinski definition) is 1. The first-order chi connectivity index (χ1) is 23.5. The van der Waals surface area contributed by atoms with Gasteiger partial charge >= 0.3 is 11.9 Å². The first kappa shape index (κ1) is 30.8. The van der Waals surface area contributed by atoms with Crippen LogP contribution < -0.4 is 10.2 Å². The molecule has 48 heavy (non-hydrogen) atoms. The Balaban J connectivity index is 1.28. The van der Waals surface area contributed by atoms with Crippen LogP contribution in [0, 0.1) is 0 Å². The van der Waals surface area contributed by atoms with E-state index in [-0.39, 0.29) is 11.9 Å². The molecule has 0 heterocycles. The number of nitrogens with zero attached hydrogens (tertiary/aromatic N) is 1. The normalized spacial score (nSPS) is 11.2. The van der Waals surface area contributed by atoms with E-state index in [1.807, 2.05) is 24.3 Å². The minimum absolute atomic E-state index is 0.209. The zero-order valence-corrected chi connectivity index (χ0v) is 27.0. The first-order valence-electron chi connectivity index (χ1n) is 16.2. The van der Waals surface area contributed by atoms with Crippen LogP contribution in [0.3, 0.4) is 0 Å². The zero-order valence-electron chi connectivity index (χ0n) is 27.0. The highest BCUT2D eigenvalue weighted by Crippen LogP contribution is 2.44. The maximum Gasteiger partial charge on any atom is 0.305 e. The summed E-state index contributed by atoms with van der Waals surface area (Å²) in [7, 11) is 2.84. The van der Waals surface area contributed by atoms with E-state index >= 15 is 0 Å². The van der Waals surface area contributed by atoms with Gasteiger partial charge in [-0.05, 0) is 99.4 Å². The van der Waals surface area contributed by atoms with Gasteiger partial charge in [-0.1, -0.05) is 78.9 Å². The van der Waals surface area contributed by atoms with Crippen molar-refractivity contribution in [3.05, 3.63) is 139 Å². The van der Waals surface area contributed by atoms with Crippen molar-refractivity contribution in [1.82, 2.24) is 0 Å². The van der Waals surface area contributed by atoms with Crippen molar-refractivity contribution in [3.63, 3.8) is 0 Å². The van der Waals surface area contributed by atoms with Crippen molar-refractivity contribution in [3.8, 4) is 0 Å². The SMILES string of the molecule is COC(=O)CCc1ccc(Nc2cccc(N(c3ccc(CCC(=O)OC)cc3)c3ccc4ccc5cccc6ccc3c4c56)c2)cc1. The summed E-state index contributed by atoms with van der Waals surface area (Å²) in [4.78, 5) is 25.7. The molecule has 0 bridgehead atoms. The van der Waals surface area contributed by atoms with Gasteiger partial charge < -0.3 is 19.7 Å². The van der Waals surface area contributed by atoms with Gasteiger partial charge in [0.2, 0.25) is 0 Å². The van der Waals surface area contributed by atoms with Crippen molar-refractivity contribution >= 4 is 72.7 Å². The summed E-state index contributed by atoms with van der Waals surface area (Å²) in [5.41, 5.74) is 7.16. The number of methoxy groups -OCH3 is 2. The molecule has 6 heteroatoms. The molecule has 0 radical (unpaired) electrons. The van der Waals surface area contributed by atoms with E-state index < -0.39 is 0 Å². The molecular weight excluding hydrogens is 596 g/mol. The molecule has 0 aliphatic rings. The third-order valence-corrected chi connectivity index (χ3v) is 8.98. The average Bonchev–Trinajstić information content (AvgIpc) is 3.13. The Morgan fingerprint density at radius 3 is 1.77 bits per heavy atom. The molecule has 7 aromatic carbocycles. The fourth-order valence-corrected chi connectivity index (χ4v) is 6.49. The summed E-state index contributed by atoms with van der Waals surface area (Å²) in [6.45, 7) is 0. The van der Waals surface area contributed by atoms with E-state index in [2.05, 4.69) is 113 Å². The molecule has 0 fully saturated rings. The number of ether oxygens (including phenoxy) is 2. The average molecular weight is 633 g/mol. The number of aryl methyl sites for hydroxylation is 2. The summed E-state index contributed by atoms with van der Waals surface area (Å²) in [6.07, 6.45) is 1.95. The Labute approximate surface area is 279 Å². The molecule has 0 unspecified atom stereocenters. The van der Waals surface area contributed by atoms with Crippen molar-refractivity contribution in [2.45, 2.75) is 25.7 Å². The van der Waals surface area contributed by atoms with E-state index in [1.165, 1.54) is 46.5 Å². The number of carbonyl (C=O) groups excluding carboxylic acids is 2. The number of nitrogens with one attached hydrogen (secondary N) is 1. The molecule has 6 nitrogen and oxygen atoms in total. The van der Waals surface area contributed by atoms with Crippen molar-refractivity contribution in [1.29, 1.82) is 0 Å². The highest BCUT2D eigenvalue weighted by Gasteiger charge is 2.19. The van der Waals surface area contributed by atoms with Crippen LogP contribution in [-0.4, -0.2) is 26.2 Å². The number of hydrogen-bond acceptors (Lipinski definition) is 6. The van der Waals surface area contributed by atoms with Crippen LogP contribution in [0.2, 0.25) is 0 Å². The number of esters is 2. The van der Waals surface area contributed by atoms with Gasteiger partial charge in [0.05, 0.1) is 19.9 Å². The van der Waals surface area contributed by atoms with Crippen LogP contribution in [0.4, 0.5) is 28.4 Å². The topological polar surface area (TPSA) is 67.9 Å². The lowest BCUT2D eigenvalue weighted by atomic mass is 9.93. The lowest BCUT2D eigenvalue weighted by Gasteiger charge is -2.28. The van der Waals surface area contributed by atoms with Crippen molar-refractivity contribution in [2.75, 3.05) is 24.4 Å². The lowest BCUT2D eigenvalue weighted by Crippen LogP contribution is -2.11. The van der Waals surface area contributed by atoms with E-state index in [9.17, 15) is 9.59 Å². The Kier molecular flexibility index (Phi) is 8.63. The first-order valence-corrected chi connectivity index (χ1v) is 16.2. The highest BCUT2D eigenvalue weighted by molar-refractivity contribution is 6.25. The zero-order chi connectivity index (χ0) is 33.0. The molecule has 0 saturated carbocycles. The van der Waals surface area contributed by atoms with Gasteiger partial charge in [-0.3, -0.25) is 9.59 Å². The molecule has 0 spiro atoms. The van der Waals surface area contributed by atoms with Gasteiger partial charge in [-0.15, -0.1) is 0 Å². The second-order valence-corrected chi connectivity index (χ2v) is 12.0. The minimum atomic E-state index is -0.213. The van der Waals surface area contributed by atoms with Crippen LogP contribution in [0.5, 0.6) is 0 Å². The fraction of sp³-hybridized carbons (Fsp3) is 0.143. The Morgan fingerprint density at radius 2 is 1.12 bits per heavy atom. The molecule has 0 amide bonds. The monoisotopic (exact) mass is 632 g/mol. The Morgan fingerprint density at radius 1 is 0.562 bits per heavy atom. The van der Waals surface area contributed by atoms with Crippen molar-refractivity contribution in [2.24, 2.45) is 0 Å². The minimum Gasteiger partial charge on any atom is -0.469 e. The quantitative estimate of drug-likeness (QED) is 0.113. The summed E-state index contributed by atoms with van der Waals surface area (Å²) in [6, 6.07) is 44.7. The van der Waals surface area contributed by atoms with Crippen LogP contribution in [0.25, 0.3) is 32.3 Å². The largest absolute Gasteiger partial charge is 0.469 e. The second-order valence-electron chi connectivity index (χ2n) is 12.0. The molecule has 238 valence electrons. The Hall–Kier alpha value is -5.88. The summed E-state index contributed by atoms with van der Waals surface area (Å²) in [5.74, 6) is -0.423. The standard InChI is InChI=1S/C42H36N2O4/c1-47-39(45)25-13-28-9-19-33(20-10-28)43-34-7-4-8-36(27-34)44(35-21-11-29(12-22-35)14-26-40(46)48-2)38-24-18-32-16-15-30-5-3-6-31-17-23-37(38)42(32)41(30)31/h3-12,15-24,27,43H,13-14,25-26H2,1-2H3. The van der Waals surface area contributed by atoms with Crippen LogP contribution >= 0.6 is 0 Å². The number of benzene rings is 7. The lowest BCUT2D eigenvalue weighted by molar-refractivity contribution is -0.141. The fourth-order valence-electron chi connectivity index (χ4n) is 6.49. The molecule has 0 aliphatic heterocycles. The maximum absolute atomic E-state index is 11.8. The van der Waals surface area contributed by atoms with Gasteiger partial charge in [-0.25, -0.2) is 0 Å². The van der Waals surface area contributed by atoms with Crippen LogP contribution in [0.15, 0.2) is 127 Å². The Bertz CT molecular complexity index is 2210. The van der Waals surface area contributed by atoms with E-state index in [0.717, 1.165) is 39.6 Å². The predicted octanol–water partition coefficient (Wildman–Crippen LogP) is 10.0.